The van der Waals surface area contributed by atoms with E-state index >= 15 is 0 Å². The number of aromatic nitrogens is 4. The number of piperidine rings is 2. The van der Waals surface area contributed by atoms with Gasteiger partial charge in [0.15, 0.2) is 0 Å². The first kappa shape index (κ1) is 43.4. The molecule has 3 saturated heterocycles. The third kappa shape index (κ3) is 10.3. The molecule has 3 aliphatic heterocycles. The highest BCUT2D eigenvalue weighted by molar-refractivity contribution is 5.92. The standard InChI is InChI=1S/C48H60N10O5/c1-3-4-9-43(59)56-18-12-33(13-19-56)28-42(47(62)57-24-22-55(23-25-57)38-10-16-49-17-11-38)52-46(61)41(29-34-26-32(2)44-37(27-34)31-50-54-44)53-48(63)58-20-14-35(15-21-58)39-30-36-7-5-6-8-40(36)51-45(39)60/h5-8,10-11,16-17,26-27,30-31,33,35,41-42H,3-4,9,12-15,18-25,28-29H2,1-2H3,(H,50,54)(H,51,60)(H,52,61)(H,53,63). The highest BCUT2D eigenvalue weighted by atomic mass is 16.2. The van der Waals surface area contributed by atoms with E-state index in [0.29, 0.717) is 78.0 Å². The smallest absolute Gasteiger partial charge is 0.318 e. The summed E-state index contributed by atoms with van der Waals surface area (Å²) in [5.74, 6) is -0.261. The van der Waals surface area contributed by atoms with Crippen LogP contribution >= 0.6 is 0 Å². The van der Waals surface area contributed by atoms with Crippen molar-refractivity contribution >= 4 is 51.2 Å². The second-order valence-corrected chi connectivity index (χ2v) is 17.6. The number of pyridine rings is 2. The summed E-state index contributed by atoms with van der Waals surface area (Å²) in [7, 11) is 0. The molecule has 3 fully saturated rings. The zero-order chi connectivity index (χ0) is 43.9. The van der Waals surface area contributed by atoms with Gasteiger partial charge in [-0.1, -0.05) is 37.6 Å². The SMILES string of the molecule is CCCCC(=O)N1CCC(CC(NC(=O)C(Cc2cc(C)c3[nH]ncc3c2)NC(=O)N2CCC(c3cc4ccccc4[nH]c3=O)CC2)C(=O)N2CCN(c3ccncc3)CC2)CC1. The molecule has 0 spiro atoms. The first-order valence-corrected chi connectivity index (χ1v) is 22.8. The van der Waals surface area contributed by atoms with Gasteiger partial charge < -0.3 is 35.2 Å². The fourth-order valence-corrected chi connectivity index (χ4v) is 9.67. The first-order valence-electron chi connectivity index (χ1n) is 22.8. The van der Waals surface area contributed by atoms with Crippen molar-refractivity contribution < 1.29 is 19.2 Å². The number of para-hydroxylation sites is 1. The van der Waals surface area contributed by atoms with Crippen LogP contribution in [0.4, 0.5) is 10.5 Å². The van der Waals surface area contributed by atoms with E-state index in [1.54, 1.807) is 23.5 Å². The first-order chi connectivity index (χ1) is 30.6. The van der Waals surface area contributed by atoms with Crippen molar-refractivity contribution in [3.05, 3.63) is 100 Å². The number of urea groups is 1. The number of aromatic amines is 2. The maximum atomic E-state index is 14.7. The summed E-state index contributed by atoms with van der Waals surface area (Å²) in [6.07, 6.45) is 11.0. The lowest BCUT2D eigenvalue weighted by Gasteiger charge is -2.39. The molecule has 0 radical (unpaired) electrons. The second-order valence-electron chi connectivity index (χ2n) is 17.6. The van der Waals surface area contributed by atoms with Gasteiger partial charge in [-0.3, -0.25) is 29.3 Å². The highest BCUT2D eigenvalue weighted by Gasteiger charge is 2.36. The third-order valence-corrected chi connectivity index (χ3v) is 13.4. The quantitative estimate of drug-likeness (QED) is 0.124. The Labute approximate surface area is 368 Å². The number of anilines is 1. The molecule has 3 aromatic heterocycles. The van der Waals surface area contributed by atoms with E-state index in [0.717, 1.165) is 69.9 Å². The molecule has 3 aliphatic rings. The number of fused-ring (bicyclic) bond motifs is 2. The van der Waals surface area contributed by atoms with E-state index in [2.05, 4.69) is 42.6 Å². The molecule has 2 unspecified atom stereocenters. The molecule has 0 aliphatic carbocycles. The Morgan fingerprint density at radius 3 is 2.29 bits per heavy atom. The van der Waals surface area contributed by atoms with Gasteiger partial charge in [-0.05, 0) is 104 Å². The van der Waals surface area contributed by atoms with E-state index in [1.807, 2.05) is 71.3 Å². The number of amides is 5. The van der Waals surface area contributed by atoms with Crippen LogP contribution in [0.15, 0.2) is 78.0 Å². The summed E-state index contributed by atoms with van der Waals surface area (Å²) in [6, 6.07) is 15.4. The number of nitrogens with one attached hydrogen (secondary N) is 4. The Hall–Kier alpha value is -6.25. The Morgan fingerprint density at radius 2 is 1.54 bits per heavy atom. The van der Waals surface area contributed by atoms with Crippen molar-refractivity contribution in [2.24, 2.45) is 5.92 Å². The summed E-state index contributed by atoms with van der Waals surface area (Å²) < 4.78 is 0. The fourth-order valence-electron chi connectivity index (χ4n) is 9.67. The predicted octanol–water partition coefficient (Wildman–Crippen LogP) is 5.26. The molecule has 5 amide bonds. The molecule has 2 aromatic carbocycles. The lowest BCUT2D eigenvalue weighted by molar-refractivity contribution is -0.138. The molecule has 15 nitrogen and oxygen atoms in total. The number of aryl methyl sites for hydroxylation is 1. The summed E-state index contributed by atoms with van der Waals surface area (Å²) in [5, 5.41) is 15.4. The number of piperazine rings is 1. The maximum absolute atomic E-state index is 14.7. The lowest BCUT2D eigenvalue weighted by Crippen LogP contribution is -2.59. The molecule has 0 bridgehead atoms. The van der Waals surface area contributed by atoms with Gasteiger partial charge in [-0.15, -0.1) is 0 Å². The summed E-state index contributed by atoms with van der Waals surface area (Å²) in [4.78, 5) is 84.3. The third-order valence-electron chi connectivity index (χ3n) is 13.4. The average molecular weight is 857 g/mol. The number of hydrogen-bond acceptors (Lipinski definition) is 8. The molecule has 6 heterocycles. The van der Waals surface area contributed by atoms with Gasteiger partial charge >= 0.3 is 6.03 Å². The van der Waals surface area contributed by atoms with Crippen molar-refractivity contribution in [1.29, 1.82) is 0 Å². The predicted molar refractivity (Wildman–Crippen MR) is 243 cm³/mol. The topological polar surface area (TPSA) is 180 Å². The van der Waals surface area contributed by atoms with Crippen LogP contribution in [-0.4, -0.2) is 123 Å². The second kappa shape index (κ2) is 19.9. The molecule has 332 valence electrons. The van der Waals surface area contributed by atoms with Crippen LogP contribution in [0.3, 0.4) is 0 Å². The van der Waals surface area contributed by atoms with Crippen LogP contribution in [-0.2, 0) is 20.8 Å². The average Bonchev–Trinajstić information content (AvgIpc) is 3.80. The van der Waals surface area contributed by atoms with Gasteiger partial charge in [0.25, 0.3) is 5.56 Å². The highest BCUT2D eigenvalue weighted by Crippen LogP contribution is 2.29. The van der Waals surface area contributed by atoms with Crippen molar-refractivity contribution in [3.63, 3.8) is 0 Å². The Morgan fingerprint density at radius 1 is 0.810 bits per heavy atom. The van der Waals surface area contributed by atoms with E-state index in [4.69, 9.17) is 0 Å². The Bertz CT molecular complexity index is 2450. The Balaban J connectivity index is 0.988. The lowest BCUT2D eigenvalue weighted by atomic mass is 9.89. The Kier molecular flexibility index (Phi) is 13.7. The van der Waals surface area contributed by atoms with E-state index < -0.39 is 18.0 Å². The van der Waals surface area contributed by atoms with Crippen LogP contribution in [0.25, 0.3) is 21.8 Å². The van der Waals surface area contributed by atoms with Crippen LogP contribution < -0.4 is 21.1 Å². The molecule has 2 atom stereocenters. The number of rotatable bonds is 13. The monoisotopic (exact) mass is 856 g/mol. The van der Waals surface area contributed by atoms with E-state index in [9.17, 15) is 24.0 Å². The number of likely N-dealkylation sites (tertiary alicyclic amines) is 2. The number of carbonyl (C=O) groups excluding carboxylic acids is 4. The largest absolute Gasteiger partial charge is 0.368 e. The van der Waals surface area contributed by atoms with Crippen LogP contribution in [0.1, 0.15) is 80.9 Å². The molecular weight excluding hydrogens is 797 g/mol. The number of benzene rings is 2. The summed E-state index contributed by atoms with van der Waals surface area (Å²) in [5.41, 5.74) is 5.19. The maximum Gasteiger partial charge on any atom is 0.318 e. The van der Waals surface area contributed by atoms with Gasteiger partial charge in [0.05, 0.1) is 11.7 Å². The minimum Gasteiger partial charge on any atom is -0.368 e. The van der Waals surface area contributed by atoms with Crippen molar-refractivity contribution in [2.45, 2.75) is 89.6 Å². The summed E-state index contributed by atoms with van der Waals surface area (Å²) in [6.45, 7) is 8.47. The fraction of sp³-hybridized carbons (Fsp3) is 0.479. The molecule has 5 aromatic rings. The molecule has 4 N–H and O–H groups in total. The minimum atomic E-state index is -0.987. The van der Waals surface area contributed by atoms with Crippen LogP contribution in [0.2, 0.25) is 0 Å². The summed E-state index contributed by atoms with van der Waals surface area (Å²) >= 11 is 0. The van der Waals surface area contributed by atoms with E-state index in [-0.39, 0.29) is 41.7 Å². The molecule has 63 heavy (non-hydrogen) atoms. The number of carbonyl (C=O) groups is 4. The van der Waals surface area contributed by atoms with Gasteiger partial charge in [-0.2, -0.15) is 5.10 Å². The zero-order valence-corrected chi connectivity index (χ0v) is 36.5. The normalized spacial score (nSPS) is 17.5. The van der Waals surface area contributed by atoms with Crippen molar-refractivity contribution in [1.82, 2.24) is 45.5 Å². The van der Waals surface area contributed by atoms with E-state index in [1.165, 1.54) is 0 Å². The number of unbranched alkanes of at least 4 members (excludes halogenated alkanes) is 1. The molecule has 0 saturated carbocycles. The van der Waals surface area contributed by atoms with Gasteiger partial charge in [0, 0.05) is 99.7 Å². The zero-order valence-electron chi connectivity index (χ0n) is 36.5. The van der Waals surface area contributed by atoms with Gasteiger partial charge in [-0.25, -0.2) is 4.79 Å². The number of H-pyrrole nitrogens is 2. The van der Waals surface area contributed by atoms with Crippen molar-refractivity contribution in [3.8, 4) is 0 Å². The van der Waals surface area contributed by atoms with Gasteiger partial charge in [0.1, 0.15) is 12.1 Å². The molecule has 8 rings (SSSR count). The van der Waals surface area contributed by atoms with Crippen LogP contribution in [0, 0.1) is 12.8 Å². The number of hydrogen-bond donors (Lipinski definition) is 4. The number of nitrogens with zero attached hydrogens (tertiary/aromatic N) is 6. The minimum absolute atomic E-state index is 0.00849. The van der Waals surface area contributed by atoms with Crippen LogP contribution in [0.5, 0.6) is 0 Å². The molecule has 15 heteroatoms. The van der Waals surface area contributed by atoms with Gasteiger partial charge in [0.2, 0.25) is 17.7 Å². The molecular formula is C48H60N10O5. The van der Waals surface area contributed by atoms with Crippen molar-refractivity contribution in [2.75, 3.05) is 57.3 Å².